The number of nitrogens with one attached hydrogen (secondary N) is 1. The first kappa shape index (κ1) is 12.7. The molecule has 0 fully saturated rings. The Kier molecular flexibility index (Phi) is 3.04. The molecule has 3 aromatic rings. The number of hydrogen-bond acceptors (Lipinski definition) is 1. The second-order valence-electron chi connectivity index (χ2n) is 5.90. The molecule has 106 valence electrons. The Bertz CT molecular complexity index is 772. The van der Waals surface area contributed by atoms with E-state index in [-0.39, 0.29) is 0 Å². The summed E-state index contributed by atoms with van der Waals surface area (Å²) < 4.78 is 0. The molecule has 0 aliphatic carbocycles. The van der Waals surface area contributed by atoms with Gasteiger partial charge in [0, 0.05) is 30.7 Å². The molecule has 0 bridgehead atoms. The highest BCUT2D eigenvalue weighted by Gasteiger charge is 2.25. The zero-order valence-corrected chi connectivity index (χ0v) is 12.3. The predicted molar refractivity (Wildman–Crippen MR) is 87.5 cm³/mol. The SMILES string of the molecule is CCN1Cc2ccccc2[C@H](c2ccc3cc[nH]c3c2)C1. The molecule has 21 heavy (non-hydrogen) atoms. The van der Waals surface area contributed by atoms with Crippen molar-refractivity contribution < 1.29 is 0 Å². The Morgan fingerprint density at radius 3 is 2.95 bits per heavy atom. The van der Waals surface area contributed by atoms with Crippen LogP contribution in [-0.4, -0.2) is 23.0 Å². The average molecular weight is 276 g/mol. The van der Waals surface area contributed by atoms with Crippen LogP contribution < -0.4 is 0 Å². The van der Waals surface area contributed by atoms with Crippen molar-refractivity contribution in [1.29, 1.82) is 0 Å². The Labute approximate surface area is 125 Å². The Morgan fingerprint density at radius 2 is 2.05 bits per heavy atom. The van der Waals surface area contributed by atoms with Gasteiger partial charge >= 0.3 is 0 Å². The lowest BCUT2D eigenvalue weighted by Crippen LogP contribution is -2.33. The highest BCUT2D eigenvalue weighted by Crippen LogP contribution is 2.34. The summed E-state index contributed by atoms with van der Waals surface area (Å²) >= 11 is 0. The maximum Gasteiger partial charge on any atom is 0.0456 e. The van der Waals surface area contributed by atoms with Crippen LogP contribution in [0.5, 0.6) is 0 Å². The largest absolute Gasteiger partial charge is 0.361 e. The lowest BCUT2D eigenvalue weighted by molar-refractivity contribution is 0.253. The van der Waals surface area contributed by atoms with Crippen molar-refractivity contribution in [2.24, 2.45) is 0 Å². The zero-order valence-electron chi connectivity index (χ0n) is 12.3. The van der Waals surface area contributed by atoms with Crippen LogP contribution in [0.15, 0.2) is 54.7 Å². The third-order valence-electron chi connectivity index (χ3n) is 4.69. The maximum atomic E-state index is 3.33. The van der Waals surface area contributed by atoms with E-state index in [1.165, 1.54) is 27.6 Å². The smallest absolute Gasteiger partial charge is 0.0456 e. The van der Waals surface area contributed by atoms with E-state index in [4.69, 9.17) is 0 Å². The summed E-state index contributed by atoms with van der Waals surface area (Å²) in [6.07, 6.45) is 2.02. The van der Waals surface area contributed by atoms with Gasteiger partial charge < -0.3 is 4.98 Å². The molecule has 1 atom stereocenters. The number of aromatic nitrogens is 1. The molecule has 0 unspecified atom stereocenters. The molecule has 0 amide bonds. The van der Waals surface area contributed by atoms with Crippen molar-refractivity contribution in [3.05, 3.63) is 71.4 Å². The molecular weight excluding hydrogens is 256 g/mol. The van der Waals surface area contributed by atoms with E-state index in [1.54, 1.807) is 0 Å². The molecule has 1 N–H and O–H groups in total. The highest BCUT2D eigenvalue weighted by atomic mass is 15.1. The first-order valence-electron chi connectivity index (χ1n) is 7.72. The van der Waals surface area contributed by atoms with Gasteiger partial charge in [-0.2, -0.15) is 0 Å². The first-order valence-corrected chi connectivity index (χ1v) is 7.72. The van der Waals surface area contributed by atoms with Crippen molar-refractivity contribution in [3.8, 4) is 0 Å². The third kappa shape index (κ3) is 2.16. The molecule has 2 nitrogen and oxygen atoms in total. The summed E-state index contributed by atoms with van der Waals surface area (Å²) in [5.41, 5.74) is 5.62. The van der Waals surface area contributed by atoms with E-state index in [1.807, 2.05) is 6.20 Å². The molecule has 2 heterocycles. The van der Waals surface area contributed by atoms with E-state index in [0.29, 0.717) is 5.92 Å². The second kappa shape index (κ2) is 5.05. The molecule has 1 aliphatic rings. The fourth-order valence-corrected chi connectivity index (χ4v) is 3.49. The minimum atomic E-state index is 0.475. The molecule has 0 spiro atoms. The van der Waals surface area contributed by atoms with Crippen LogP contribution in [0.4, 0.5) is 0 Å². The number of benzene rings is 2. The number of aromatic amines is 1. The van der Waals surface area contributed by atoms with Crippen molar-refractivity contribution in [1.82, 2.24) is 9.88 Å². The van der Waals surface area contributed by atoms with E-state index < -0.39 is 0 Å². The summed E-state index contributed by atoms with van der Waals surface area (Å²) in [5, 5.41) is 1.29. The summed E-state index contributed by atoms with van der Waals surface area (Å²) in [6, 6.07) is 17.9. The monoisotopic (exact) mass is 276 g/mol. The minimum absolute atomic E-state index is 0.475. The molecule has 1 aliphatic heterocycles. The summed E-state index contributed by atoms with van der Waals surface area (Å²) in [4.78, 5) is 5.87. The van der Waals surface area contributed by atoms with Crippen LogP contribution in [0, 0.1) is 0 Å². The van der Waals surface area contributed by atoms with Gasteiger partial charge in [0.1, 0.15) is 0 Å². The van der Waals surface area contributed by atoms with Gasteiger partial charge in [-0.15, -0.1) is 0 Å². The number of rotatable bonds is 2. The number of likely N-dealkylation sites (N-methyl/N-ethyl adjacent to an activating group) is 1. The quantitative estimate of drug-likeness (QED) is 0.745. The van der Waals surface area contributed by atoms with Crippen LogP contribution in [0.3, 0.4) is 0 Å². The van der Waals surface area contributed by atoms with Gasteiger partial charge in [0.15, 0.2) is 0 Å². The van der Waals surface area contributed by atoms with Gasteiger partial charge in [-0.3, -0.25) is 4.90 Å². The highest BCUT2D eigenvalue weighted by molar-refractivity contribution is 5.80. The fraction of sp³-hybridized carbons (Fsp3) is 0.263. The number of H-pyrrole nitrogens is 1. The molecule has 0 saturated carbocycles. The molecular formula is C19H20N2. The Hall–Kier alpha value is -2.06. The van der Waals surface area contributed by atoms with E-state index in [0.717, 1.165) is 19.6 Å². The van der Waals surface area contributed by atoms with Gasteiger partial charge in [0.2, 0.25) is 0 Å². The molecule has 0 radical (unpaired) electrons. The lowest BCUT2D eigenvalue weighted by Gasteiger charge is -2.34. The van der Waals surface area contributed by atoms with Crippen LogP contribution in [0.1, 0.15) is 29.5 Å². The van der Waals surface area contributed by atoms with Crippen molar-refractivity contribution >= 4 is 10.9 Å². The number of fused-ring (bicyclic) bond motifs is 2. The van der Waals surface area contributed by atoms with E-state index in [9.17, 15) is 0 Å². The van der Waals surface area contributed by atoms with Crippen LogP contribution in [0.2, 0.25) is 0 Å². The van der Waals surface area contributed by atoms with Gasteiger partial charge in [0.05, 0.1) is 0 Å². The maximum absolute atomic E-state index is 3.33. The van der Waals surface area contributed by atoms with E-state index >= 15 is 0 Å². The minimum Gasteiger partial charge on any atom is -0.361 e. The zero-order chi connectivity index (χ0) is 14.2. The summed E-state index contributed by atoms with van der Waals surface area (Å²) in [6.45, 7) is 5.54. The molecule has 0 saturated heterocycles. The first-order chi connectivity index (χ1) is 10.3. The lowest BCUT2D eigenvalue weighted by atomic mass is 9.84. The van der Waals surface area contributed by atoms with Gasteiger partial charge in [-0.1, -0.05) is 43.3 Å². The number of nitrogens with zero attached hydrogens (tertiary/aromatic N) is 1. The molecule has 4 rings (SSSR count). The molecule has 2 heteroatoms. The Balaban J connectivity index is 1.82. The fourth-order valence-electron chi connectivity index (χ4n) is 3.49. The molecule has 2 aromatic carbocycles. The van der Waals surface area contributed by atoms with Crippen LogP contribution in [0.25, 0.3) is 10.9 Å². The normalized spacial score (nSPS) is 18.8. The van der Waals surface area contributed by atoms with Crippen LogP contribution in [-0.2, 0) is 6.54 Å². The predicted octanol–water partition coefficient (Wildman–Crippen LogP) is 4.14. The molecule has 1 aromatic heterocycles. The number of hydrogen-bond donors (Lipinski definition) is 1. The van der Waals surface area contributed by atoms with Crippen molar-refractivity contribution in [3.63, 3.8) is 0 Å². The average Bonchev–Trinajstić information content (AvgIpc) is 3.01. The van der Waals surface area contributed by atoms with Gasteiger partial charge in [-0.25, -0.2) is 0 Å². The second-order valence-corrected chi connectivity index (χ2v) is 5.90. The summed E-state index contributed by atoms with van der Waals surface area (Å²) in [7, 11) is 0. The van der Waals surface area contributed by atoms with Gasteiger partial charge in [0.25, 0.3) is 0 Å². The third-order valence-corrected chi connectivity index (χ3v) is 4.69. The Morgan fingerprint density at radius 1 is 1.14 bits per heavy atom. The summed E-state index contributed by atoms with van der Waals surface area (Å²) in [5.74, 6) is 0.475. The van der Waals surface area contributed by atoms with Crippen molar-refractivity contribution in [2.75, 3.05) is 13.1 Å². The van der Waals surface area contributed by atoms with E-state index in [2.05, 4.69) is 65.3 Å². The van der Waals surface area contributed by atoms with Crippen molar-refractivity contribution in [2.45, 2.75) is 19.4 Å². The standard InChI is InChI=1S/C19H20N2/c1-2-21-12-16-5-3-4-6-17(16)18(13-21)15-8-7-14-9-10-20-19(14)11-15/h3-11,18,20H,2,12-13H2,1H3/t18-/m0/s1. The topological polar surface area (TPSA) is 19.0 Å². The van der Waals surface area contributed by atoms with Gasteiger partial charge in [-0.05, 0) is 40.8 Å². The van der Waals surface area contributed by atoms with Crippen LogP contribution >= 0.6 is 0 Å².